The molecule has 0 fully saturated rings. The molecule has 1 amide bonds. The van der Waals surface area contributed by atoms with Crippen molar-refractivity contribution >= 4 is 5.91 Å². The Kier molecular flexibility index (Phi) is 5.98. The molecule has 2 aromatic carbocycles. The molecular weight excluding hydrogens is 276 g/mol. The van der Waals surface area contributed by atoms with Crippen molar-refractivity contribution in [3.05, 3.63) is 65.2 Å². The standard InChI is InChI=1S/C18H22N2O2/c1-14-4-3-5-16(10-14)12-20-18(21)13-19-11-15-6-8-17(22-2)9-7-15/h3-10,19H,11-13H2,1-2H3,(H,20,21). The minimum Gasteiger partial charge on any atom is -0.497 e. The molecule has 0 aromatic heterocycles. The molecule has 0 unspecified atom stereocenters. The van der Waals surface area contributed by atoms with E-state index in [-0.39, 0.29) is 5.91 Å². The summed E-state index contributed by atoms with van der Waals surface area (Å²) in [5.74, 6) is 0.828. The second-order valence-corrected chi connectivity index (χ2v) is 5.22. The van der Waals surface area contributed by atoms with Gasteiger partial charge in [0.2, 0.25) is 5.91 Å². The molecule has 116 valence electrons. The number of aryl methyl sites for hydroxylation is 1. The van der Waals surface area contributed by atoms with E-state index in [4.69, 9.17) is 4.74 Å². The first-order valence-corrected chi connectivity index (χ1v) is 7.33. The monoisotopic (exact) mass is 298 g/mol. The lowest BCUT2D eigenvalue weighted by Gasteiger charge is -2.08. The lowest BCUT2D eigenvalue weighted by atomic mass is 10.1. The van der Waals surface area contributed by atoms with Gasteiger partial charge in [-0.05, 0) is 30.2 Å². The van der Waals surface area contributed by atoms with Crippen LogP contribution in [0.5, 0.6) is 5.75 Å². The fraction of sp³-hybridized carbons (Fsp3) is 0.278. The van der Waals surface area contributed by atoms with Gasteiger partial charge in [-0.25, -0.2) is 0 Å². The quantitative estimate of drug-likeness (QED) is 0.825. The van der Waals surface area contributed by atoms with E-state index in [1.807, 2.05) is 49.4 Å². The van der Waals surface area contributed by atoms with Crippen molar-refractivity contribution in [3.8, 4) is 5.75 Å². The molecule has 2 rings (SSSR count). The third-order valence-electron chi connectivity index (χ3n) is 3.35. The van der Waals surface area contributed by atoms with Gasteiger partial charge < -0.3 is 15.4 Å². The van der Waals surface area contributed by atoms with E-state index < -0.39 is 0 Å². The Morgan fingerprint density at radius 3 is 2.50 bits per heavy atom. The average Bonchev–Trinajstić information content (AvgIpc) is 2.54. The molecule has 0 atom stereocenters. The van der Waals surface area contributed by atoms with Gasteiger partial charge in [0, 0.05) is 13.1 Å². The number of carbonyl (C=O) groups is 1. The summed E-state index contributed by atoms with van der Waals surface area (Å²) in [7, 11) is 1.64. The van der Waals surface area contributed by atoms with Crippen LogP contribution in [0.15, 0.2) is 48.5 Å². The van der Waals surface area contributed by atoms with Crippen molar-refractivity contribution in [1.82, 2.24) is 10.6 Å². The van der Waals surface area contributed by atoms with Crippen LogP contribution in [0.1, 0.15) is 16.7 Å². The average molecular weight is 298 g/mol. The van der Waals surface area contributed by atoms with Gasteiger partial charge in [-0.1, -0.05) is 42.0 Å². The van der Waals surface area contributed by atoms with Crippen LogP contribution in [0.3, 0.4) is 0 Å². The number of hydrogen-bond donors (Lipinski definition) is 2. The molecule has 2 N–H and O–H groups in total. The Hall–Kier alpha value is -2.33. The zero-order valence-electron chi connectivity index (χ0n) is 13.1. The van der Waals surface area contributed by atoms with Gasteiger partial charge in [0.15, 0.2) is 0 Å². The van der Waals surface area contributed by atoms with Crippen LogP contribution in [0.2, 0.25) is 0 Å². The Labute approximate surface area is 131 Å². The molecule has 0 spiro atoms. The largest absolute Gasteiger partial charge is 0.497 e. The van der Waals surface area contributed by atoms with Gasteiger partial charge in [-0.3, -0.25) is 4.79 Å². The van der Waals surface area contributed by atoms with Crippen molar-refractivity contribution in [2.45, 2.75) is 20.0 Å². The van der Waals surface area contributed by atoms with Crippen molar-refractivity contribution in [1.29, 1.82) is 0 Å². The summed E-state index contributed by atoms with van der Waals surface area (Å²) >= 11 is 0. The normalized spacial score (nSPS) is 10.3. The minimum atomic E-state index is -0.00461. The molecule has 0 radical (unpaired) electrons. The molecule has 4 nitrogen and oxygen atoms in total. The molecule has 4 heteroatoms. The Morgan fingerprint density at radius 1 is 1.05 bits per heavy atom. The van der Waals surface area contributed by atoms with Crippen LogP contribution < -0.4 is 15.4 Å². The number of benzene rings is 2. The molecule has 0 aliphatic carbocycles. The van der Waals surface area contributed by atoms with Crippen molar-refractivity contribution < 1.29 is 9.53 Å². The second kappa shape index (κ2) is 8.20. The number of rotatable bonds is 7. The fourth-order valence-electron chi connectivity index (χ4n) is 2.15. The summed E-state index contributed by atoms with van der Waals surface area (Å²) in [6.07, 6.45) is 0. The Morgan fingerprint density at radius 2 is 1.82 bits per heavy atom. The predicted molar refractivity (Wildman–Crippen MR) is 87.7 cm³/mol. The van der Waals surface area contributed by atoms with Crippen LogP contribution >= 0.6 is 0 Å². The molecule has 2 aromatic rings. The number of amides is 1. The molecule has 0 heterocycles. The first-order chi connectivity index (χ1) is 10.7. The third kappa shape index (κ3) is 5.22. The zero-order chi connectivity index (χ0) is 15.8. The van der Waals surface area contributed by atoms with Crippen molar-refractivity contribution in [2.75, 3.05) is 13.7 Å². The molecule has 0 bridgehead atoms. The van der Waals surface area contributed by atoms with Crippen LogP contribution in [-0.4, -0.2) is 19.6 Å². The van der Waals surface area contributed by atoms with Crippen LogP contribution in [0.25, 0.3) is 0 Å². The number of hydrogen-bond acceptors (Lipinski definition) is 3. The van der Waals surface area contributed by atoms with Gasteiger partial charge in [-0.2, -0.15) is 0 Å². The summed E-state index contributed by atoms with van der Waals surface area (Å²) in [6.45, 7) is 3.56. The number of nitrogens with one attached hydrogen (secondary N) is 2. The fourth-order valence-corrected chi connectivity index (χ4v) is 2.15. The van der Waals surface area contributed by atoms with Crippen LogP contribution in [0, 0.1) is 6.92 Å². The second-order valence-electron chi connectivity index (χ2n) is 5.22. The molecule has 22 heavy (non-hydrogen) atoms. The van der Waals surface area contributed by atoms with Crippen LogP contribution in [0.4, 0.5) is 0 Å². The summed E-state index contributed by atoms with van der Waals surface area (Å²) < 4.78 is 5.11. The van der Waals surface area contributed by atoms with Crippen molar-refractivity contribution in [3.63, 3.8) is 0 Å². The lowest BCUT2D eigenvalue weighted by Crippen LogP contribution is -2.33. The Bertz CT molecular complexity index is 609. The SMILES string of the molecule is COc1ccc(CNCC(=O)NCc2cccc(C)c2)cc1. The highest BCUT2D eigenvalue weighted by Gasteiger charge is 2.01. The summed E-state index contributed by atoms with van der Waals surface area (Å²) in [6, 6.07) is 15.9. The highest BCUT2D eigenvalue weighted by atomic mass is 16.5. The van der Waals surface area contributed by atoms with E-state index in [1.165, 1.54) is 5.56 Å². The summed E-state index contributed by atoms with van der Waals surface area (Å²) in [4.78, 5) is 11.8. The number of carbonyl (C=O) groups excluding carboxylic acids is 1. The van der Waals surface area contributed by atoms with Gasteiger partial charge >= 0.3 is 0 Å². The third-order valence-corrected chi connectivity index (χ3v) is 3.35. The minimum absolute atomic E-state index is 0.00461. The van der Waals surface area contributed by atoms with Crippen LogP contribution in [-0.2, 0) is 17.9 Å². The maximum absolute atomic E-state index is 11.8. The maximum atomic E-state index is 11.8. The molecule has 0 aliphatic rings. The molecule has 0 aliphatic heterocycles. The molecular formula is C18H22N2O2. The zero-order valence-corrected chi connectivity index (χ0v) is 13.1. The topological polar surface area (TPSA) is 50.4 Å². The van der Waals surface area contributed by atoms with E-state index in [2.05, 4.69) is 16.7 Å². The first kappa shape index (κ1) is 16.0. The van der Waals surface area contributed by atoms with Gasteiger partial charge in [-0.15, -0.1) is 0 Å². The van der Waals surface area contributed by atoms with E-state index in [0.29, 0.717) is 19.6 Å². The molecule has 0 saturated heterocycles. The highest BCUT2D eigenvalue weighted by Crippen LogP contribution is 2.10. The predicted octanol–water partition coefficient (Wildman–Crippen LogP) is 2.41. The van der Waals surface area contributed by atoms with Crippen molar-refractivity contribution in [2.24, 2.45) is 0 Å². The maximum Gasteiger partial charge on any atom is 0.234 e. The summed E-state index contributed by atoms with van der Waals surface area (Å²) in [5, 5.41) is 6.04. The van der Waals surface area contributed by atoms with Gasteiger partial charge in [0.1, 0.15) is 5.75 Å². The highest BCUT2D eigenvalue weighted by molar-refractivity contribution is 5.77. The summed E-state index contributed by atoms with van der Waals surface area (Å²) in [5.41, 5.74) is 3.43. The van der Waals surface area contributed by atoms with E-state index >= 15 is 0 Å². The molecule has 0 saturated carbocycles. The first-order valence-electron chi connectivity index (χ1n) is 7.33. The van der Waals surface area contributed by atoms with Gasteiger partial charge in [0.25, 0.3) is 0 Å². The van der Waals surface area contributed by atoms with E-state index in [1.54, 1.807) is 7.11 Å². The van der Waals surface area contributed by atoms with E-state index in [0.717, 1.165) is 16.9 Å². The lowest BCUT2D eigenvalue weighted by molar-refractivity contribution is -0.120. The Balaban J connectivity index is 1.69. The van der Waals surface area contributed by atoms with E-state index in [9.17, 15) is 4.79 Å². The van der Waals surface area contributed by atoms with Gasteiger partial charge in [0.05, 0.1) is 13.7 Å². The number of methoxy groups -OCH3 is 1. The number of ether oxygens (including phenoxy) is 1. The smallest absolute Gasteiger partial charge is 0.234 e.